The Morgan fingerprint density at radius 1 is 1.14 bits per heavy atom. The van der Waals surface area contributed by atoms with Gasteiger partial charge in [0.1, 0.15) is 12.4 Å². The average molecular weight is 301 g/mol. The van der Waals surface area contributed by atoms with Gasteiger partial charge in [0.05, 0.1) is 5.69 Å². The summed E-state index contributed by atoms with van der Waals surface area (Å²) in [7, 11) is 0. The number of anilines is 1. The van der Waals surface area contributed by atoms with E-state index in [1.54, 1.807) is 6.92 Å². The molecule has 0 aliphatic heterocycles. The van der Waals surface area contributed by atoms with Crippen molar-refractivity contribution >= 4 is 17.6 Å². The Bertz CT molecular complexity index is 671. The van der Waals surface area contributed by atoms with Crippen LogP contribution in [0.25, 0.3) is 0 Å². The minimum Gasteiger partial charge on any atom is -0.444 e. The third-order valence-electron chi connectivity index (χ3n) is 3.06. The summed E-state index contributed by atoms with van der Waals surface area (Å²) in [6, 6.07) is 13.0. The highest BCUT2D eigenvalue weighted by molar-refractivity contribution is 5.97. The second-order valence-electron chi connectivity index (χ2n) is 4.66. The lowest BCUT2D eigenvalue weighted by molar-refractivity contribution is 0.0988. The van der Waals surface area contributed by atoms with Crippen molar-refractivity contribution < 1.29 is 18.7 Å². The zero-order valence-corrected chi connectivity index (χ0v) is 12.1. The maximum Gasteiger partial charge on any atom is 0.412 e. The van der Waals surface area contributed by atoms with Gasteiger partial charge in [0.25, 0.3) is 0 Å². The molecule has 22 heavy (non-hydrogen) atoms. The van der Waals surface area contributed by atoms with Gasteiger partial charge in [0.15, 0.2) is 5.78 Å². The SMILES string of the molecule is CCC(=O)c1ccc(F)c(NC(=O)OCc2ccccc2)c1. The molecule has 0 aliphatic rings. The van der Waals surface area contributed by atoms with Gasteiger partial charge < -0.3 is 4.74 Å². The van der Waals surface area contributed by atoms with Crippen LogP contribution in [0.3, 0.4) is 0 Å². The second kappa shape index (κ2) is 7.36. The first kappa shape index (κ1) is 15.7. The standard InChI is InChI=1S/C17H16FNO3/c1-2-16(20)13-8-9-14(18)15(10-13)19-17(21)22-11-12-6-4-3-5-7-12/h3-10H,2,11H2,1H3,(H,19,21). The molecule has 114 valence electrons. The number of amides is 1. The zero-order chi connectivity index (χ0) is 15.9. The summed E-state index contributed by atoms with van der Waals surface area (Å²) < 4.78 is 18.7. The van der Waals surface area contributed by atoms with E-state index in [-0.39, 0.29) is 18.1 Å². The van der Waals surface area contributed by atoms with Gasteiger partial charge in [-0.15, -0.1) is 0 Å². The van der Waals surface area contributed by atoms with Crippen LogP contribution in [0.1, 0.15) is 29.3 Å². The summed E-state index contributed by atoms with van der Waals surface area (Å²) in [5.41, 5.74) is 1.10. The van der Waals surface area contributed by atoms with E-state index in [9.17, 15) is 14.0 Å². The molecule has 0 heterocycles. The molecule has 4 nitrogen and oxygen atoms in total. The molecule has 0 bridgehead atoms. The smallest absolute Gasteiger partial charge is 0.412 e. The Morgan fingerprint density at radius 2 is 1.86 bits per heavy atom. The number of hydrogen-bond acceptors (Lipinski definition) is 3. The molecule has 5 heteroatoms. The quantitative estimate of drug-likeness (QED) is 0.843. The van der Waals surface area contributed by atoms with Gasteiger partial charge in [-0.1, -0.05) is 37.3 Å². The first-order valence-corrected chi connectivity index (χ1v) is 6.90. The molecule has 0 aromatic heterocycles. The molecule has 1 N–H and O–H groups in total. The molecule has 0 unspecified atom stereocenters. The van der Waals surface area contributed by atoms with E-state index >= 15 is 0 Å². The molecule has 0 spiro atoms. The van der Waals surface area contributed by atoms with Crippen LogP contribution in [0, 0.1) is 5.82 Å². The topological polar surface area (TPSA) is 55.4 Å². The number of ether oxygens (including phenoxy) is 1. The van der Waals surface area contributed by atoms with E-state index < -0.39 is 11.9 Å². The third-order valence-corrected chi connectivity index (χ3v) is 3.06. The van der Waals surface area contributed by atoms with Crippen LogP contribution < -0.4 is 5.32 Å². The number of nitrogens with one attached hydrogen (secondary N) is 1. The lowest BCUT2D eigenvalue weighted by atomic mass is 10.1. The van der Waals surface area contributed by atoms with Crippen LogP contribution in [-0.4, -0.2) is 11.9 Å². The van der Waals surface area contributed by atoms with Crippen molar-refractivity contribution in [3.63, 3.8) is 0 Å². The largest absolute Gasteiger partial charge is 0.444 e. The molecule has 0 fully saturated rings. The Kier molecular flexibility index (Phi) is 5.25. The van der Waals surface area contributed by atoms with Crippen molar-refractivity contribution in [2.45, 2.75) is 20.0 Å². The number of ketones is 1. The van der Waals surface area contributed by atoms with Crippen LogP contribution in [0.2, 0.25) is 0 Å². The van der Waals surface area contributed by atoms with Gasteiger partial charge in [-0.25, -0.2) is 9.18 Å². The summed E-state index contributed by atoms with van der Waals surface area (Å²) >= 11 is 0. The van der Waals surface area contributed by atoms with Crippen molar-refractivity contribution in [2.75, 3.05) is 5.32 Å². The van der Waals surface area contributed by atoms with Gasteiger partial charge >= 0.3 is 6.09 Å². The molecule has 1 amide bonds. The Hall–Kier alpha value is -2.69. The number of benzene rings is 2. The Morgan fingerprint density at radius 3 is 2.55 bits per heavy atom. The van der Waals surface area contributed by atoms with Crippen molar-refractivity contribution in [2.24, 2.45) is 0 Å². The first-order valence-electron chi connectivity index (χ1n) is 6.90. The number of hydrogen-bond donors (Lipinski definition) is 1. The van der Waals surface area contributed by atoms with Gasteiger partial charge in [-0.05, 0) is 23.8 Å². The van der Waals surface area contributed by atoms with Crippen LogP contribution in [0.15, 0.2) is 48.5 Å². The van der Waals surface area contributed by atoms with Gasteiger partial charge in [-0.3, -0.25) is 10.1 Å². The predicted octanol–water partition coefficient (Wildman–Crippen LogP) is 4.17. The maximum absolute atomic E-state index is 13.7. The number of rotatable bonds is 5. The highest BCUT2D eigenvalue weighted by Crippen LogP contribution is 2.18. The Balaban J connectivity index is 2.00. The highest BCUT2D eigenvalue weighted by Gasteiger charge is 2.11. The van der Waals surface area contributed by atoms with Gasteiger partial charge in [0.2, 0.25) is 0 Å². The summed E-state index contributed by atoms with van der Waals surface area (Å²) in [4.78, 5) is 23.3. The fourth-order valence-corrected chi connectivity index (χ4v) is 1.87. The molecule has 0 saturated heterocycles. The van der Waals surface area contributed by atoms with Crippen LogP contribution in [-0.2, 0) is 11.3 Å². The van der Waals surface area contributed by atoms with E-state index in [2.05, 4.69) is 5.32 Å². The molecule has 2 aromatic rings. The summed E-state index contributed by atoms with van der Waals surface area (Å²) in [6.07, 6.45) is -0.465. The van der Waals surface area contributed by atoms with E-state index in [1.165, 1.54) is 12.1 Å². The third kappa shape index (κ3) is 4.15. The molecule has 0 radical (unpaired) electrons. The monoisotopic (exact) mass is 301 g/mol. The fourth-order valence-electron chi connectivity index (χ4n) is 1.87. The Labute approximate surface area is 127 Å². The predicted molar refractivity (Wildman–Crippen MR) is 81.3 cm³/mol. The van der Waals surface area contributed by atoms with Crippen molar-refractivity contribution in [3.8, 4) is 0 Å². The van der Waals surface area contributed by atoms with E-state index in [0.717, 1.165) is 11.6 Å². The van der Waals surface area contributed by atoms with Crippen molar-refractivity contribution in [1.29, 1.82) is 0 Å². The van der Waals surface area contributed by atoms with Crippen LogP contribution in [0.5, 0.6) is 0 Å². The lowest BCUT2D eigenvalue weighted by Crippen LogP contribution is -2.15. The molecule has 0 atom stereocenters. The maximum atomic E-state index is 13.7. The number of carbonyl (C=O) groups is 2. The summed E-state index contributed by atoms with van der Waals surface area (Å²) in [6.45, 7) is 1.80. The van der Waals surface area contributed by atoms with Gasteiger partial charge in [-0.2, -0.15) is 0 Å². The number of halogens is 1. The van der Waals surface area contributed by atoms with Crippen LogP contribution in [0.4, 0.5) is 14.9 Å². The normalized spacial score (nSPS) is 10.1. The highest BCUT2D eigenvalue weighted by atomic mass is 19.1. The molecule has 2 rings (SSSR count). The summed E-state index contributed by atoms with van der Waals surface area (Å²) in [5, 5.41) is 2.31. The van der Waals surface area contributed by atoms with Crippen molar-refractivity contribution in [1.82, 2.24) is 0 Å². The molecule has 2 aromatic carbocycles. The molecular weight excluding hydrogens is 285 g/mol. The minimum atomic E-state index is -0.774. The lowest BCUT2D eigenvalue weighted by Gasteiger charge is -2.09. The van der Waals surface area contributed by atoms with Gasteiger partial charge in [0, 0.05) is 12.0 Å². The summed E-state index contributed by atoms with van der Waals surface area (Å²) in [5.74, 6) is -0.745. The zero-order valence-electron chi connectivity index (χ0n) is 12.1. The fraction of sp³-hybridized carbons (Fsp3) is 0.176. The van der Waals surface area contributed by atoms with E-state index in [0.29, 0.717) is 12.0 Å². The first-order chi connectivity index (χ1) is 10.6. The molecular formula is C17H16FNO3. The van der Waals surface area contributed by atoms with E-state index in [1.807, 2.05) is 30.3 Å². The van der Waals surface area contributed by atoms with Crippen molar-refractivity contribution in [3.05, 3.63) is 65.5 Å². The minimum absolute atomic E-state index is 0.0719. The molecule has 0 saturated carbocycles. The van der Waals surface area contributed by atoms with Crippen LogP contribution >= 0.6 is 0 Å². The molecule has 0 aliphatic carbocycles. The second-order valence-corrected chi connectivity index (χ2v) is 4.66. The number of carbonyl (C=O) groups excluding carboxylic acids is 2. The number of Topliss-reactive ketones (excluding diaryl/α,β-unsaturated/α-hetero) is 1. The van der Waals surface area contributed by atoms with E-state index in [4.69, 9.17) is 4.74 Å². The average Bonchev–Trinajstić information content (AvgIpc) is 2.55.